The topological polar surface area (TPSA) is 38.0 Å². The number of rotatable bonds is 2. The van der Waals surface area contributed by atoms with Gasteiger partial charge >= 0.3 is 0 Å². The lowest BCUT2D eigenvalue weighted by Crippen LogP contribution is -1.97. The molecule has 0 saturated carbocycles. The molecule has 0 aromatic carbocycles. The van der Waals surface area contributed by atoms with Crippen molar-refractivity contribution in [3.63, 3.8) is 0 Å². The Balaban J connectivity index is 0.000000461. The number of nitrogens with zero attached hydrogens (tertiary/aromatic N) is 2. The first-order chi connectivity index (χ1) is 5.38. The summed E-state index contributed by atoms with van der Waals surface area (Å²) in [4.78, 5) is 3.87. The van der Waals surface area contributed by atoms with Crippen molar-refractivity contribution >= 4 is 0 Å². The summed E-state index contributed by atoms with van der Waals surface area (Å²) in [5.41, 5.74) is 0.873. The zero-order valence-electron chi connectivity index (χ0n) is 6.82. The largest absolute Gasteiger partial charge is 0.390 e. The molecule has 0 aliphatic carbocycles. The number of aromatic nitrogens is 2. The van der Waals surface area contributed by atoms with Gasteiger partial charge in [0.05, 0.1) is 24.8 Å². The van der Waals surface area contributed by atoms with Crippen molar-refractivity contribution in [1.82, 2.24) is 9.55 Å². The Labute approximate surface area is 67.0 Å². The Bertz CT molecular complexity index is 177. The highest BCUT2D eigenvalue weighted by Gasteiger charge is 1.94. The molecule has 1 heterocycles. The highest BCUT2D eigenvalue weighted by Crippen LogP contribution is 1.96. The van der Waals surface area contributed by atoms with Crippen LogP contribution in [0.2, 0.25) is 0 Å². The van der Waals surface area contributed by atoms with Gasteiger partial charge in [-0.2, -0.15) is 0 Å². The highest BCUT2D eigenvalue weighted by molar-refractivity contribution is 4.95. The van der Waals surface area contributed by atoms with E-state index in [1.807, 2.05) is 11.5 Å². The van der Waals surface area contributed by atoms with Crippen LogP contribution in [-0.2, 0) is 13.2 Å². The molecule has 1 rings (SSSR count). The quantitative estimate of drug-likeness (QED) is 0.650. The third-order valence-corrected chi connectivity index (χ3v) is 1.30. The summed E-state index contributed by atoms with van der Waals surface area (Å²) in [7, 11) is 0. The van der Waals surface area contributed by atoms with E-state index in [0.717, 1.165) is 12.2 Å². The van der Waals surface area contributed by atoms with Crippen LogP contribution in [-0.4, -0.2) is 14.7 Å². The summed E-state index contributed by atoms with van der Waals surface area (Å²) in [6.45, 7) is 8.96. The summed E-state index contributed by atoms with van der Waals surface area (Å²) >= 11 is 0. The Hall–Kier alpha value is -1.09. The zero-order valence-corrected chi connectivity index (χ0v) is 6.82. The standard InChI is InChI=1S/C6H10N2O.C2H4/c1-2-8-5-7-3-6(8)4-9;1-2/h3,5,9H,2,4H2,1H3;1-2H2. The monoisotopic (exact) mass is 154 g/mol. The molecular weight excluding hydrogens is 140 g/mol. The maximum atomic E-state index is 8.68. The molecule has 0 spiro atoms. The van der Waals surface area contributed by atoms with Crippen LogP contribution in [0, 0.1) is 0 Å². The highest BCUT2D eigenvalue weighted by atomic mass is 16.3. The molecule has 1 aromatic rings. The second kappa shape index (κ2) is 5.68. The zero-order chi connectivity index (χ0) is 8.69. The number of aliphatic hydroxyl groups excluding tert-OH is 1. The van der Waals surface area contributed by atoms with Crippen LogP contribution in [0.4, 0.5) is 0 Å². The molecule has 0 atom stereocenters. The van der Waals surface area contributed by atoms with E-state index in [2.05, 4.69) is 18.1 Å². The lowest BCUT2D eigenvalue weighted by molar-refractivity contribution is 0.271. The van der Waals surface area contributed by atoms with Crippen LogP contribution in [0.25, 0.3) is 0 Å². The van der Waals surface area contributed by atoms with Gasteiger partial charge in [-0.3, -0.25) is 0 Å². The maximum absolute atomic E-state index is 8.68. The summed E-state index contributed by atoms with van der Waals surface area (Å²) < 4.78 is 1.90. The summed E-state index contributed by atoms with van der Waals surface area (Å²) in [5.74, 6) is 0. The van der Waals surface area contributed by atoms with E-state index in [-0.39, 0.29) is 6.61 Å². The second-order valence-electron chi connectivity index (χ2n) is 1.83. The van der Waals surface area contributed by atoms with Crippen LogP contribution in [0.1, 0.15) is 12.6 Å². The van der Waals surface area contributed by atoms with Crippen molar-refractivity contribution in [3.05, 3.63) is 31.4 Å². The molecule has 11 heavy (non-hydrogen) atoms. The van der Waals surface area contributed by atoms with E-state index in [1.54, 1.807) is 12.5 Å². The number of imidazole rings is 1. The first-order valence-corrected chi connectivity index (χ1v) is 3.48. The Morgan fingerprint density at radius 2 is 2.27 bits per heavy atom. The van der Waals surface area contributed by atoms with Gasteiger partial charge < -0.3 is 9.67 Å². The van der Waals surface area contributed by atoms with Gasteiger partial charge in [0.2, 0.25) is 0 Å². The molecule has 0 saturated heterocycles. The average molecular weight is 154 g/mol. The van der Waals surface area contributed by atoms with Crippen molar-refractivity contribution in [1.29, 1.82) is 0 Å². The van der Waals surface area contributed by atoms with Crippen LogP contribution in [0.5, 0.6) is 0 Å². The molecule has 0 radical (unpaired) electrons. The summed E-state index contributed by atoms with van der Waals surface area (Å²) in [6.07, 6.45) is 3.38. The van der Waals surface area contributed by atoms with Crippen LogP contribution in [0.3, 0.4) is 0 Å². The van der Waals surface area contributed by atoms with E-state index in [0.29, 0.717) is 0 Å². The molecule has 1 N–H and O–H groups in total. The minimum Gasteiger partial charge on any atom is -0.390 e. The molecule has 3 heteroatoms. The smallest absolute Gasteiger partial charge is 0.0948 e. The number of aryl methyl sites for hydroxylation is 1. The molecule has 0 fully saturated rings. The first-order valence-electron chi connectivity index (χ1n) is 3.48. The number of hydrogen-bond donors (Lipinski definition) is 1. The van der Waals surface area contributed by atoms with Gasteiger partial charge in [-0.25, -0.2) is 4.98 Å². The maximum Gasteiger partial charge on any atom is 0.0948 e. The minimum absolute atomic E-state index is 0.0772. The normalized spacial score (nSPS) is 8.55. The Kier molecular flexibility index (Phi) is 5.11. The van der Waals surface area contributed by atoms with Crippen molar-refractivity contribution in [2.24, 2.45) is 0 Å². The van der Waals surface area contributed by atoms with Gasteiger partial charge in [0.15, 0.2) is 0 Å². The van der Waals surface area contributed by atoms with E-state index >= 15 is 0 Å². The fourth-order valence-electron chi connectivity index (χ4n) is 0.765. The predicted octanol–water partition coefficient (Wildman–Crippen LogP) is 1.20. The summed E-state index contributed by atoms with van der Waals surface area (Å²) in [6, 6.07) is 0. The van der Waals surface area contributed by atoms with Crippen molar-refractivity contribution in [2.45, 2.75) is 20.1 Å². The fourth-order valence-corrected chi connectivity index (χ4v) is 0.765. The molecular formula is C8H14N2O. The predicted molar refractivity (Wildman–Crippen MR) is 45.1 cm³/mol. The third kappa shape index (κ3) is 2.55. The second-order valence-corrected chi connectivity index (χ2v) is 1.83. The average Bonchev–Trinajstić information content (AvgIpc) is 2.54. The van der Waals surface area contributed by atoms with E-state index in [1.165, 1.54) is 0 Å². The fraction of sp³-hybridized carbons (Fsp3) is 0.375. The van der Waals surface area contributed by atoms with Crippen molar-refractivity contribution in [2.75, 3.05) is 0 Å². The lowest BCUT2D eigenvalue weighted by atomic mass is 10.5. The van der Waals surface area contributed by atoms with Gasteiger partial charge in [-0.15, -0.1) is 13.2 Å². The van der Waals surface area contributed by atoms with Gasteiger partial charge in [-0.05, 0) is 6.92 Å². The Morgan fingerprint density at radius 3 is 2.64 bits per heavy atom. The van der Waals surface area contributed by atoms with Gasteiger partial charge in [-0.1, -0.05) is 0 Å². The SMILES string of the molecule is C=C.CCn1cncc1CO. The first kappa shape index (κ1) is 9.91. The number of aliphatic hydroxyl groups is 1. The molecule has 0 amide bonds. The molecule has 0 aliphatic rings. The van der Waals surface area contributed by atoms with Gasteiger partial charge in [0.1, 0.15) is 0 Å². The van der Waals surface area contributed by atoms with E-state index in [9.17, 15) is 0 Å². The van der Waals surface area contributed by atoms with Crippen LogP contribution in [0.15, 0.2) is 25.7 Å². The lowest BCUT2D eigenvalue weighted by Gasteiger charge is -1.98. The van der Waals surface area contributed by atoms with Crippen molar-refractivity contribution in [3.8, 4) is 0 Å². The molecule has 0 aliphatic heterocycles. The van der Waals surface area contributed by atoms with Gasteiger partial charge in [0, 0.05) is 6.54 Å². The van der Waals surface area contributed by atoms with Gasteiger partial charge in [0.25, 0.3) is 0 Å². The van der Waals surface area contributed by atoms with Crippen LogP contribution >= 0.6 is 0 Å². The minimum atomic E-state index is 0.0772. The molecule has 1 aromatic heterocycles. The van der Waals surface area contributed by atoms with E-state index < -0.39 is 0 Å². The number of hydrogen-bond acceptors (Lipinski definition) is 2. The van der Waals surface area contributed by atoms with E-state index in [4.69, 9.17) is 5.11 Å². The summed E-state index contributed by atoms with van der Waals surface area (Å²) in [5, 5.41) is 8.68. The molecule has 0 bridgehead atoms. The van der Waals surface area contributed by atoms with Crippen molar-refractivity contribution < 1.29 is 5.11 Å². The molecule has 3 nitrogen and oxygen atoms in total. The third-order valence-electron chi connectivity index (χ3n) is 1.30. The van der Waals surface area contributed by atoms with Crippen LogP contribution < -0.4 is 0 Å². The Morgan fingerprint density at radius 1 is 1.64 bits per heavy atom. The molecule has 0 unspecified atom stereocenters. The molecule has 62 valence electrons.